The largest absolute Gasteiger partial charge is 0.416 e. The van der Waals surface area contributed by atoms with Crippen molar-refractivity contribution in [3.8, 4) is 0 Å². The van der Waals surface area contributed by atoms with Gasteiger partial charge in [0.05, 0.1) is 5.56 Å². The van der Waals surface area contributed by atoms with E-state index in [1.807, 2.05) is 22.6 Å². The molecule has 1 nitrogen and oxygen atoms in total. The van der Waals surface area contributed by atoms with Crippen LogP contribution in [0.3, 0.4) is 0 Å². The summed E-state index contributed by atoms with van der Waals surface area (Å²) in [6.07, 6.45) is -4.35. The molecule has 1 N–H and O–H groups in total. The maximum absolute atomic E-state index is 12.9. The zero-order valence-electron chi connectivity index (χ0n) is 10.1. The molecule has 2 aromatic carbocycles. The van der Waals surface area contributed by atoms with Gasteiger partial charge in [-0.1, -0.05) is 12.1 Å². The first-order valence-corrected chi connectivity index (χ1v) is 6.79. The lowest BCUT2D eigenvalue weighted by Gasteiger charge is -2.11. The molecule has 0 bridgehead atoms. The number of alkyl halides is 3. The van der Waals surface area contributed by atoms with Crippen molar-refractivity contribution in [2.75, 3.05) is 5.32 Å². The smallest absolute Gasteiger partial charge is 0.380 e. The maximum atomic E-state index is 12.9. The van der Waals surface area contributed by atoms with Crippen molar-refractivity contribution in [2.24, 2.45) is 0 Å². The molecule has 0 aliphatic carbocycles. The van der Waals surface area contributed by atoms with Gasteiger partial charge in [-0.25, -0.2) is 4.39 Å². The zero-order valence-corrected chi connectivity index (χ0v) is 12.3. The molecule has 20 heavy (non-hydrogen) atoms. The summed E-state index contributed by atoms with van der Waals surface area (Å²) < 4.78 is 51.3. The van der Waals surface area contributed by atoms with E-state index in [-0.39, 0.29) is 12.4 Å². The molecule has 0 atom stereocenters. The quantitative estimate of drug-likeness (QED) is 0.566. The number of hydrogen-bond acceptors (Lipinski definition) is 1. The number of rotatable bonds is 3. The van der Waals surface area contributed by atoms with Crippen molar-refractivity contribution in [1.29, 1.82) is 0 Å². The summed E-state index contributed by atoms with van der Waals surface area (Å²) in [6.45, 7) is 0.242. The third-order valence-corrected chi connectivity index (χ3v) is 3.56. The minimum Gasteiger partial charge on any atom is -0.380 e. The Morgan fingerprint density at radius 3 is 2.45 bits per heavy atom. The molecule has 6 heteroatoms. The Kier molecular flexibility index (Phi) is 4.52. The van der Waals surface area contributed by atoms with Crippen LogP contribution < -0.4 is 5.32 Å². The first kappa shape index (κ1) is 15.1. The molecule has 0 amide bonds. The minimum atomic E-state index is -4.35. The van der Waals surface area contributed by atoms with Crippen LogP contribution in [-0.2, 0) is 12.7 Å². The van der Waals surface area contributed by atoms with Crippen LogP contribution >= 0.6 is 22.6 Å². The molecule has 106 valence electrons. The Labute approximate surface area is 127 Å². The highest BCUT2D eigenvalue weighted by Crippen LogP contribution is 2.29. The van der Waals surface area contributed by atoms with Gasteiger partial charge in [0.25, 0.3) is 0 Å². The van der Waals surface area contributed by atoms with E-state index in [4.69, 9.17) is 0 Å². The van der Waals surface area contributed by atoms with Crippen LogP contribution in [0.2, 0.25) is 0 Å². The Morgan fingerprint density at radius 2 is 1.80 bits per heavy atom. The first-order chi connectivity index (χ1) is 9.36. The molecular weight excluding hydrogens is 385 g/mol. The standard InChI is InChI=1S/C14H10F4IN/c15-11-4-5-13(12(19)7-11)20-8-9-2-1-3-10(6-9)14(16,17)18/h1-7,20H,8H2. The Balaban J connectivity index is 2.11. The molecule has 0 heterocycles. The van der Waals surface area contributed by atoms with Crippen molar-refractivity contribution < 1.29 is 17.6 Å². The topological polar surface area (TPSA) is 12.0 Å². The predicted molar refractivity (Wildman–Crippen MR) is 77.9 cm³/mol. The summed E-state index contributed by atoms with van der Waals surface area (Å²) in [7, 11) is 0. The Hall–Kier alpha value is -1.31. The average Bonchev–Trinajstić information content (AvgIpc) is 2.37. The number of hydrogen-bond donors (Lipinski definition) is 1. The van der Waals surface area contributed by atoms with Crippen LogP contribution in [0, 0.1) is 9.39 Å². The second-order valence-electron chi connectivity index (χ2n) is 4.18. The summed E-state index contributed by atoms with van der Waals surface area (Å²) in [5.41, 5.74) is 0.523. The van der Waals surface area contributed by atoms with Crippen molar-refractivity contribution in [3.63, 3.8) is 0 Å². The molecular formula is C14H10F4IN. The fraction of sp³-hybridized carbons (Fsp3) is 0.143. The lowest BCUT2D eigenvalue weighted by molar-refractivity contribution is -0.137. The molecule has 0 aromatic heterocycles. The van der Waals surface area contributed by atoms with E-state index in [2.05, 4.69) is 5.32 Å². The van der Waals surface area contributed by atoms with E-state index in [0.29, 0.717) is 14.8 Å². The highest BCUT2D eigenvalue weighted by Gasteiger charge is 2.30. The van der Waals surface area contributed by atoms with E-state index in [1.165, 1.54) is 18.2 Å². The van der Waals surface area contributed by atoms with Gasteiger partial charge in [0.1, 0.15) is 5.82 Å². The van der Waals surface area contributed by atoms with Crippen LogP contribution in [0.25, 0.3) is 0 Å². The normalized spacial score (nSPS) is 11.4. The van der Waals surface area contributed by atoms with Crippen LogP contribution in [0.4, 0.5) is 23.2 Å². The van der Waals surface area contributed by atoms with Gasteiger partial charge in [-0.3, -0.25) is 0 Å². The molecule has 2 aromatic rings. The molecule has 0 fully saturated rings. The van der Waals surface area contributed by atoms with Crippen LogP contribution in [0.1, 0.15) is 11.1 Å². The summed E-state index contributed by atoms with van der Waals surface area (Å²) in [4.78, 5) is 0. The van der Waals surface area contributed by atoms with Crippen molar-refractivity contribution >= 4 is 28.3 Å². The Bertz CT molecular complexity index is 610. The fourth-order valence-electron chi connectivity index (χ4n) is 1.69. The van der Waals surface area contributed by atoms with Crippen LogP contribution in [0.5, 0.6) is 0 Å². The van der Waals surface area contributed by atoms with Gasteiger partial charge < -0.3 is 5.32 Å². The molecule has 0 saturated carbocycles. The highest BCUT2D eigenvalue weighted by atomic mass is 127. The summed E-state index contributed by atoms with van der Waals surface area (Å²) in [5.74, 6) is -0.348. The molecule has 2 rings (SSSR count). The molecule has 0 saturated heterocycles. The van der Waals surface area contributed by atoms with Gasteiger partial charge in [0.15, 0.2) is 0 Å². The summed E-state index contributed by atoms with van der Waals surface area (Å²) in [5, 5.41) is 2.99. The molecule has 0 unspecified atom stereocenters. The molecule has 0 aliphatic heterocycles. The monoisotopic (exact) mass is 395 g/mol. The summed E-state index contributed by atoms with van der Waals surface area (Å²) >= 11 is 1.97. The van der Waals surface area contributed by atoms with E-state index >= 15 is 0 Å². The predicted octanol–water partition coefficient (Wildman–Crippen LogP) is 5.06. The fourth-order valence-corrected chi connectivity index (χ4v) is 2.36. The van der Waals surface area contributed by atoms with E-state index in [9.17, 15) is 17.6 Å². The minimum absolute atomic E-state index is 0.242. The number of nitrogens with one attached hydrogen (secondary N) is 1. The van der Waals surface area contributed by atoms with Crippen LogP contribution in [0.15, 0.2) is 42.5 Å². The van der Waals surface area contributed by atoms with Gasteiger partial charge in [-0.15, -0.1) is 0 Å². The second kappa shape index (κ2) is 5.99. The van der Waals surface area contributed by atoms with E-state index in [0.717, 1.165) is 12.1 Å². The Morgan fingerprint density at radius 1 is 1.05 bits per heavy atom. The number of halogens is 5. The third-order valence-electron chi connectivity index (χ3n) is 2.67. The van der Waals surface area contributed by atoms with Gasteiger partial charge in [-0.05, 0) is 58.5 Å². The molecule has 0 spiro atoms. The third kappa shape index (κ3) is 3.84. The highest BCUT2D eigenvalue weighted by molar-refractivity contribution is 14.1. The summed E-state index contributed by atoms with van der Waals surface area (Å²) in [6, 6.07) is 9.33. The van der Waals surface area contributed by atoms with Gasteiger partial charge in [0, 0.05) is 15.8 Å². The van der Waals surface area contributed by atoms with Crippen molar-refractivity contribution in [2.45, 2.75) is 12.7 Å². The average molecular weight is 395 g/mol. The van der Waals surface area contributed by atoms with Gasteiger partial charge in [0.2, 0.25) is 0 Å². The lowest BCUT2D eigenvalue weighted by Crippen LogP contribution is -2.07. The van der Waals surface area contributed by atoms with E-state index in [1.54, 1.807) is 12.1 Å². The SMILES string of the molecule is Fc1ccc(NCc2cccc(C(F)(F)F)c2)c(I)c1. The van der Waals surface area contributed by atoms with Gasteiger partial charge >= 0.3 is 6.18 Å². The maximum Gasteiger partial charge on any atom is 0.416 e. The zero-order chi connectivity index (χ0) is 14.8. The van der Waals surface area contributed by atoms with Crippen LogP contribution in [-0.4, -0.2) is 0 Å². The van der Waals surface area contributed by atoms with E-state index < -0.39 is 11.7 Å². The molecule has 0 aliphatic rings. The number of anilines is 1. The first-order valence-electron chi connectivity index (χ1n) is 5.71. The molecule has 0 radical (unpaired) electrons. The van der Waals surface area contributed by atoms with Crippen molar-refractivity contribution in [1.82, 2.24) is 0 Å². The number of benzene rings is 2. The van der Waals surface area contributed by atoms with Crippen molar-refractivity contribution in [3.05, 3.63) is 63.0 Å². The second-order valence-corrected chi connectivity index (χ2v) is 5.34. The lowest BCUT2D eigenvalue weighted by atomic mass is 10.1. The van der Waals surface area contributed by atoms with Gasteiger partial charge in [-0.2, -0.15) is 13.2 Å².